The minimum atomic E-state index is -0.116. The average molecular weight is 414 g/mol. The van der Waals surface area contributed by atoms with E-state index < -0.39 is 0 Å². The topological polar surface area (TPSA) is 61.8 Å². The summed E-state index contributed by atoms with van der Waals surface area (Å²) >= 11 is 3.40. The number of nitrogens with zero attached hydrogens (tertiary/aromatic N) is 2. The number of amides is 2. The number of hydrogen-bond donors (Lipinski definition) is 1. The Labute approximate surface area is 161 Å². The molecule has 6 heteroatoms. The van der Waals surface area contributed by atoms with Gasteiger partial charge in [0.1, 0.15) is 0 Å². The lowest BCUT2D eigenvalue weighted by Crippen LogP contribution is -2.42. The summed E-state index contributed by atoms with van der Waals surface area (Å²) in [7, 11) is 0. The van der Waals surface area contributed by atoms with Gasteiger partial charge in [0, 0.05) is 29.0 Å². The van der Waals surface area contributed by atoms with Crippen molar-refractivity contribution in [3.05, 3.63) is 70.2 Å². The van der Waals surface area contributed by atoms with Crippen LogP contribution in [-0.2, 0) is 4.79 Å². The van der Waals surface area contributed by atoms with Gasteiger partial charge in [0.15, 0.2) is 0 Å². The van der Waals surface area contributed by atoms with Gasteiger partial charge in [-0.2, -0.15) is 5.10 Å². The molecule has 1 saturated heterocycles. The van der Waals surface area contributed by atoms with Crippen LogP contribution in [0.3, 0.4) is 0 Å². The first-order valence-electron chi connectivity index (χ1n) is 8.56. The molecule has 5 nitrogen and oxygen atoms in total. The molecule has 0 saturated carbocycles. The second kappa shape index (κ2) is 8.76. The fourth-order valence-electron chi connectivity index (χ4n) is 2.96. The standard InChI is InChI=1S/C20H20BrN3O2/c21-18-8-4-5-15(13-18)14-22-23-19(25)16-9-11-24(12-10-16)20(26)17-6-2-1-3-7-17/h1-8,13-14,16H,9-12H2,(H,23,25)/b22-14-. The summed E-state index contributed by atoms with van der Waals surface area (Å²) in [4.78, 5) is 26.5. The zero-order valence-electron chi connectivity index (χ0n) is 14.3. The second-order valence-corrected chi connectivity index (χ2v) is 7.14. The van der Waals surface area contributed by atoms with E-state index in [1.54, 1.807) is 6.21 Å². The monoisotopic (exact) mass is 413 g/mol. The normalized spacial score (nSPS) is 15.2. The summed E-state index contributed by atoms with van der Waals surface area (Å²) in [5.74, 6) is -0.185. The molecule has 1 aliphatic heterocycles. The number of rotatable bonds is 4. The van der Waals surface area contributed by atoms with Crippen LogP contribution in [0, 0.1) is 5.92 Å². The van der Waals surface area contributed by atoms with Crippen molar-refractivity contribution < 1.29 is 9.59 Å². The zero-order chi connectivity index (χ0) is 18.4. The lowest BCUT2D eigenvalue weighted by molar-refractivity contribution is -0.126. The molecule has 0 bridgehead atoms. The Hall–Kier alpha value is -2.47. The van der Waals surface area contributed by atoms with E-state index in [9.17, 15) is 9.59 Å². The molecule has 0 atom stereocenters. The van der Waals surface area contributed by atoms with E-state index in [0.29, 0.717) is 31.5 Å². The van der Waals surface area contributed by atoms with Crippen LogP contribution in [0.15, 0.2) is 64.2 Å². The van der Waals surface area contributed by atoms with Gasteiger partial charge < -0.3 is 4.90 Å². The lowest BCUT2D eigenvalue weighted by Gasteiger charge is -2.31. The second-order valence-electron chi connectivity index (χ2n) is 6.22. The maximum atomic E-state index is 12.4. The van der Waals surface area contributed by atoms with Crippen molar-refractivity contribution >= 4 is 34.0 Å². The molecular formula is C20H20BrN3O2. The van der Waals surface area contributed by atoms with E-state index in [4.69, 9.17) is 0 Å². The fourth-order valence-corrected chi connectivity index (χ4v) is 3.37. The van der Waals surface area contributed by atoms with E-state index in [0.717, 1.165) is 10.0 Å². The van der Waals surface area contributed by atoms with Crippen molar-refractivity contribution in [2.75, 3.05) is 13.1 Å². The Bertz CT molecular complexity index is 800. The zero-order valence-corrected chi connectivity index (χ0v) is 15.9. The van der Waals surface area contributed by atoms with E-state index in [-0.39, 0.29) is 17.7 Å². The molecule has 2 aromatic rings. The first-order chi connectivity index (χ1) is 12.6. The maximum Gasteiger partial charge on any atom is 0.253 e. The van der Waals surface area contributed by atoms with E-state index in [1.165, 1.54) is 0 Å². The van der Waals surface area contributed by atoms with Crippen molar-refractivity contribution in [3.63, 3.8) is 0 Å². The van der Waals surface area contributed by atoms with E-state index in [2.05, 4.69) is 26.5 Å². The summed E-state index contributed by atoms with van der Waals surface area (Å²) in [6.45, 7) is 1.17. The fraction of sp³-hybridized carbons (Fsp3) is 0.250. The molecule has 2 aromatic carbocycles. The predicted octanol–water partition coefficient (Wildman–Crippen LogP) is 3.45. The molecule has 0 radical (unpaired) electrons. The molecule has 1 aliphatic rings. The molecule has 1 fully saturated rings. The minimum Gasteiger partial charge on any atom is -0.339 e. The lowest BCUT2D eigenvalue weighted by atomic mass is 9.95. The maximum absolute atomic E-state index is 12.4. The number of likely N-dealkylation sites (tertiary alicyclic amines) is 1. The number of hydrogen-bond acceptors (Lipinski definition) is 3. The minimum absolute atomic E-state index is 0.0251. The van der Waals surface area contributed by atoms with Crippen molar-refractivity contribution in [2.24, 2.45) is 11.0 Å². The molecule has 134 valence electrons. The Morgan fingerprint density at radius 3 is 2.50 bits per heavy atom. The van der Waals surface area contributed by atoms with Crippen molar-refractivity contribution in [1.29, 1.82) is 0 Å². The third-order valence-electron chi connectivity index (χ3n) is 4.41. The van der Waals surface area contributed by atoms with Crippen molar-refractivity contribution in [2.45, 2.75) is 12.8 Å². The molecule has 1 N–H and O–H groups in total. The van der Waals surface area contributed by atoms with Gasteiger partial charge in [-0.15, -0.1) is 0 Å². The highest BCUT2D eigenvalue weighted by molar-refractivity contribution is 9.10. The Kier molecular flexibility index (Phi) is 6.17. The number of benzene rings is 2. The number of piperidine rings is 1. The molecular weight excluding hydrogens is 394 g/mol. The van der Waals surface area contributed by atoms with Gasteiger partial charge in [-0.3, -0.25) is 9.59 Å². The quantitative estimate of drug-likeness (QED) is 0.616. The predicted molar refractivity (Wildman–Crippen MR) is 105 cm³/mol. The smallest absolute Gasteiger partial charge is 0.253 e. The number of hydrazone groups is 1. The Morgan fingerprint density at radius 2 is 1.81 bits per heavy atom. The molecule has 0 spiro atoms. The summed E-state index contributed by atoms with van der Waals surface area (Å²) in [6, 6.07) is 16.9. The number of carbonyl (C=O) groups excluding carboxylic acids is 2. The Morgan fingerprint density at radius 1 is 1.08 bits per heavy atom. The third kappa shape index (κ3) is 4.79. The van der Waals surface area contributed by atoms with Crippen molar-refractivity contribution in [3.8, 4) is 0 Å². The molecule has 1 heterocycles. The summed E-state index contributed by atoms with van der Waals surface area (Å²) < 4.78 is 0.961. The largest absolute Gasteiger partial charge is 0.339 e. The van der Waals surface area contributed by atoms with Gasteiger partial charge >= 0.3 is 0 Å². The van der Waals surface area contributed by atoms with Crippen LogP contribution in [0.5, 0.6) is 0 Å². The van der Waals surface area contributed by atoms with Crippen LogP contribution in [0.25, 0.3) is 0 Å². The molecule has 26 heavy (non-hydrogen) atoms. The van der Waals surface area contributed by atoms with Crippen LogP contribution in [0.4, 0.5) is 0 Å². The van der Waals surface area contributed by atoms with Crippen LogP contribution in [-0.4, -0.2) is 36.0 Å². The first kappa shape index (κ1) is 18.3. The van der Waals surface area contributed by atoms with Gasteiger partial charge in [-0.05, 0) is 42.7 Å². The van der Waals surface area contributed by atoms with Crippen molar-refractivity contribution in [1.82, 2.24) is 10.3 Å². The SMILES string of the molecule is O=C(N/N=C\c1cccc(Br)c1)C1CCN(C(=O)c2ccccc2)CC1. The van der Waals surface area contributed by atoms with Gasteiger partial charge in [0.25, 0.3) is 5.91 Å². The number of halogens is 1. The summed E-state index contributed by atoms with van der Waals surface area (Å²) in [5.41, 5.74) is 4.20. The van der Waals surface area contributed by atoms with Gasteiger partial charge in [-0.25, -0.2) is 5.43 Å². The number of nitrogens with one attached hydrogen (secondary N) is 1. The average Bonchev–Trinajstić information content (AvgIpc) is 2.68. The summed E-state index contributed by atoms with van der Waals surface area (Å²) in [5, 5.41) is 4.03. The van der Waals surface area contributed by atoms with Crippen LogP contribution in [0.2, 0.25) is 0 Å². The van der Waals surface area contributed by atoms with E-state index in [1.807, 2.05) is 59.5 Å². The Balaban J connectivity index is 1.48. The highest BCUT2D eigenvalue weighted by Gasteiger charge is 2.27. The van der Waals surface area contributed by atoms with Gasteiger partial charge in [0.05, 0.1) is 6.21 Å². The van der Waals surface area contributed by atoms with Gasteiger partial charge in [-0.1, -0.05) is 46.3 Å². The molecule has 2 amide bonds. The highest BCUT2D eigenvalue weighted by Crippen LogP contribution is 2.19. The van der Waals surface area contributed by atoms with Gasteiger partial charge in [0.2, 0.25) is 5.91 Å². The molecule has 3 rings (SSSR count). The molecule has 0 aliphatic carbocycles. The number of carbonyl (C=O) groups is 2. The van der Waals surface area contributed by atoms with Crippen LogP contribution >= 0.6 is 15.9 Å². The van der Waals surface area contributed by atoms with E-state index >= 15 is 0 Å². The van der Waals surface area contributed by atoms with Crippen LogP contribution < -0.4 is 5.43 Å². The third-order valence-corrected chi connectivity index (χ3v) is 4.90. The van der Waals surface area contributed by atoms with Crippen LogP contribution in [0.1, 0.15) is 28.8 Å². The molecule has 0 aromatic heterocycles. The summed E-state index contributed by atoms with van der Waals surface area (Å²) in [6.07, 6.45) is 2.92. The molecule has 0 unspecified atom stereocenters. The first-order valence-corrected chi connectivity index (χ1v) is 9.35. The highest BCUT2D eigenvalue weighted by atomic mass is 79.9.